The molecular weight excluding hydrogens is 147 g/mol. The summed E-state index contributed by atoms with van der Waals surface area (Å²) in [5.74, 6) is 0. The third-order valence-corrected chi connectivity index (χ3v) is 2.68. The molecule has 1 fully saturated rings. The van der Waals surface area contributed by atoms with Crippen molar-refractivity contribution in [3.63, 3.8) is 0 Å². The van der Waals surface area contributed by atoms with Crippen LogP contribution in [-0.2, 0) is 0 Å². The zero-order valence-corrected chi connectivity index (χ0v) is 8.29. The Kier molecular flexibility index (Phi) is 4.09. The summed E-state index contributed by atoms with van der Waals surface area (Å²) in [4.78, 5) is 4.45. The van der Waals surface area contributed by atoms with Crippen molar-refractivity contribution in [2.24, 2.45) is 0 Å². The highest BCUT2D eigenvalue weighted by Crippen LogP contribution is 2.08. The zero-order valence-electron chi connectivity index (χ0n) is 8.29. The van der Waals surface area contributed by atoms with Crippen molar-refractivity contribution in [2.75, 3.05) is 26.2 Å². The lowest BCUT2D eigenvalue weighted by atomic mass is 10.1. The van der Waals surface area contributed by atoms with E-state index in [-0.39, 0.29) is 0 Å². The zero-order chi connectivity index (χ0) is 8.97. The maximum absolute atomic E-state index is 5.68. The highest BCUT2D eigenvalue weighted by molar-refractivity contribution is 6.04. The molecule has 12 heavy (non-hydrogen) atoms. The minimum Gasteiger partial charge on any atom is -0.351 e. The van der Waals surface area contributed by atoms with Crippen LogP contribution in [0.15, 0.2) is 0 Å². The fourth-order valence-electron chi connectivity index (χ4n) is 1.78. The SMILES string of the molecule is [B]N1CCN(C(C)CCC)CC1. The van der Waals surface area contributed by atoms with Gasteiger partial charge in [0.2, 0.25) is 0 Å². The molecule has 0 aliphatic carbocycles. The van der Waals surface area contributed by atoms with E-state index in [2.05, 4.69) is 18.7 Å². The Hall–Kier alpha value is -0.0151. The van der Waals surface area contributed by atoms with Crippen LogP contribution in [0.5, 0.6) is 0 Å². The number of hydrogen-bond donors (Lipinski definition) is 0. The van der Waals surface area contributed by atoms with Crippen LogP contribution in [0, 0.1) is 0 Å². The highest BCUT2D eigenvalue weighted by Gasteiger charge is 2.17. The Balaban J connectivity index is 2.24. The molecule has 1 aliphatic rings. The first kappa shape index (κ1) is 10.1. The van der Waals surface area contributed by atoms with E-state index in [4.69, 9.17) is 7.98 Å². The van der Waals surface area contributed by atoms with Crippen LogP contribution >= 0.6 is 0 Å². The molecule has 1 rings (SSSR count). The predicted molar refractivity (Wildman–Crippen MR) is 53.3 cm³/mol. The van der Waals surface area contributed by atoms with E-state index in [1.165, 1.54) is 12.8 Å². The summed E-state index contributed by atoms with van der Waals surface area (Å²) in [5, 5.41) is 0. The van der Waals surface area contributed by atoms with Gasteiger partial charge >= 0.3 is 0 Å². The molecule has 2 radical (unpaired) electrons. The lowest BCUT2D eigenvalue weighted by molar-refractivity contribution is 0.141. The van der Waals surface area contributed by atoms with Gasteiger partial charge in [-0.25, -0.2) is 0 Å². The standard InChI is InChI=1S/C9H19BN2/c1-3-4-9(2)11-5-7-12(10)8-6-11/h9H,3-8H2,1-2H3. The molecule has 1 atom stereocenters. The van der Waals surface area contributed by atoms with Gasteiger partial charge in [0, 0.05) is 19.1 Å². The average molecular weight is 166 g/mol. The molecule has 0 saturated carbocycles. The monoisotopic (exact) mass is 166 g/mol. The minimum absolute atomic E-state index is 0.740. The first-order chi connectivity index (χ1) is 5.74. The molecule has 0 aromatic carbocycles. The Morgan fingerprint density at radius 3 is 2.33 bits per heavy atom. The van der Waals surface area contributed by atoms with E-state index < -0.39 is 0 Å². The predicted octanol–water partition coefficient (Wildman–Crippen LogP) is 0.876. The third kappa shape index (κ3) is 2.79. The summed E-state index contributed by atoms with van der Waals surface area (Å²) in [6.07, 6.45) is 2.59. The fraction of sp³-hybridized carbons (Fsp3) is 1.00. The second-order valence-corrected chi connectivity index (χ2v) is 3.71. The Morgan fingerprint density at radius 1 is 1.25 bits per heavy atom. The van der Waals surface area contributed by atoms with Crippen LogP contribution in [0.2, 0.25) is 0 Å². The van der Waals surface area contributed by atoms with Crippen LogP contribution in [0.3, 0.4) is 0 Å². The van der Waals surface area contributed by atoms with Crippen molar-refractivity contribution in [3.05, 3.63) is 0 Å². The molecule has 0 spiro atoms. The van der Waals surface area contributed by atoms with Crippen LogP contribution in [0.25, 0.3) is 0 Å². The molecule has 0 N–H and O–H groups in total. The first-order valence-corrected chi connectivity index (χ1v) is 4.97. The summed E-state index contributed by atoms with van der Waals surface area (Å²) in [6.45, 7) is 8.88. The van der Waals surface area contributed by atoms with E-state index in [9.17, 15) is 0 Å². The van der Waals surface area contributed by atoms with Gasteiger partial charge in [-0.3, -0.25) is 4.90 Å². The van der Waals surface area contributed by atoms with Gasteiger partial charge in [0.05, 0.1) is 0 Å². The van der Waals surface area contributed by atoms with Gasteiger partial charge in [0.15, 0.2) is 7.98 Å². The molecule has 1 heterocycles. The molecule has 0 aromatic rings. The number of nitrogens with zero attached hydrogens (tertiary/aromatic N) is 2. The minimum atomic E-state index is 0.740. The van der Waals surface area contributed by atoms with Crippen LogP contribution in [0.1, 0.15) is 26.7 Å². The number of hydrogen-bond acceptors (Lipinski definition) is 2. The molecule has 1 unspecified atom stereocenters. The molecule has 0 amide bonds. The van der Waals surface area contributed by atoms with Gasteiger partial charge in [0.1, 0.15) is 0 Å². The maximum atomic E-state index is 5.68. The van der Waals surface area contributed by atoms with Gasteiger partial charge in [-0.1, -0.05) is 13.3 Å². The summed E-state index contributed by atoms with van der Waals surface area (Å²) < 4.78 is 0. The van der Waals surface area contributed by atoms with Crippen molar-refractivity contribution in [2.45, 2.75) is 32.7 Å². The fourth-order valence-corrected chi connectivity index (χ4v) is 1.78. The van der Waals surface area contributed by atoms with Gasteiger partial charge in [-0.2, -0.15) is 0 Å². The van der Waals surface area contributed by atoms with Gasteiger partial charge in [0.25, 0.3) is 0 Å². The Bertz CT molecular complexity index is 122. The first-order valence-electron chi connectivity index (χ1n) is 4.97. The van der Waals surface area contributed by atoms with Crippen LogP contribution in [-0.4, -0.2) is 49.9 Å². The molecule has 2 nitrogen and oxygen atoms in total. The van der Waals surface area contributed by atoms with E-state index >= 15 is 0 Å². The molecular formula is C9H19BN2. The summed E-state index contributed by atoms with van der Waals surface area (Å²) in [5.41, 5.74) is 0. The average Bonchev–Trinajstić information content (AvgIpc) is 2.06. The maximum Gasteiger partial charge on any atom is 0.182 e. The van der Waals surface area contributed by atoms with Crippen LogP contribution < -0.4 is 0 Å². The van der Waals surface area contributed by atoms with E-state index in [0.717, 1.165) is 32.2 Å². The second kappa shape index (κ2) is 4.88. The third-order valence-electron chi connectivity index (χ3n) is 2.68. The Morgan fingerprint density at radius 2 is 1.83 bits per heavy atom. The molecule has 0 aromatic heterocycles. The van der Waals surface area contributed by atoms with Crippen molar-refractivity contribution in [1.82, 2.24) is 9.71 Å². The molecule has 1 aliphatic heterocycles. The van der Waals surface area contributed by atoms with Crippen LogP contribution in [0.4, 0.5) is 0 Å². The van der Waals surface area contributed by atoms with Crippen molar-refractivity contribution in [1.29, 1.82) is 0 Å². The summed E-state index contributed by atoms with van der Waals surface area (Å²) in [6, 6.07) is 0.740. The molecule has 3 heteroatoms. The highest BCUT2D eigenvalue weighted by atomic mass is 15.2. The largest absolute Gasteiger partial charge is 0.351 e. The van der Waals surface area contributed by atoms with Gasteiger partial charge in [-0.05, 0) is 26.4 Å². The summed E-state index contributed by atoms with van der Waals surface area (Å²) in [7, 11) is 5.68. The van der Waals surface area contributed by atoms with E-state index in [0.29, 0.717) is 0 Å². The smallest absolute Gasteiger partial charge is 0.182 e. The van der Waals surface area contributed by atoms with Gasteiger partial charge < -0.3 is 4.81 Å². The van der Waals surface area contributed by atoms with Crippen molar-refractivity contribution >= 4 is 7.98 Å². The van der Waals surface area contributed by atoms with Gasteiger partial charge in [-0.15, -0.1) is 0 Å². The van der Waals surface area contributed by atoms with E-state index in [1.807, 2.05) is 4.81 Å². The van der Waals surface area contributed by atoms with Crippen molar-refractivity contribution < 1.29 is 0 Å². The normalized spacial score (nSPS) is 24.2. The molecule has 1 saturated heterocycles. The molecule has 68 valence electrons. The Labute approximate surface area is 77.3 Å². The summed E-state index contributed by atoms with van der Waals surface area (Å²) >= 11 is 0. The molecule has 0 bridgehead atoms. The van der Waals surface area contributed by atoms with Crippen molar-refractivity contribution in [3.8, 4) is 0 Å². The lowest BCUT2D eigenvalue weighted by Gasteiger charge is -2.36. The number of rotatable bonds is 3. The number of piperazine rings is 1. The second-order valence-electron chi connectivity index (χ2n) is 3.71. The topological polar surface area (TPSA) is 6.48 Å². The van der Waals surface area contributed by atoms with E-state index in [1.54, 1.807) is 0 Å². The quantitative estimate of drug-likeness (QED) is 0.574. The lowest BCUT2D eigenvalue weighted by Crippen LogP contribution is -2.48.